The average molecular weight is 558 g/mol. The molecular formula is C34H43N3O4. The van der Waals surface area contributed by atoms with Gasteiger partial charge in [0.05, 0.1) is 37.7 Å². The van der Waals surface area contributed by atoms with E-state index in [0.717, 1.165) is 71.1 Å². The molecule has 0 spiro atoms. The number of methoxy groups -OCH3 is 1. The molecule has 0 radical (unpaired) electrons. The number of anilines is 2. The predicted molar refractivity (Wildman–Crippen MR) is 163 cm³/mol. The van der Waals surface area contributed by atoms with Crippen LogP contribution in [0.1, 0.15) is 35.4 Å². The Morgan fingerprint density at radius 1 is 0.927 bits per heavy atom. The largest absolute Gasteiger partial charge is 0.490 e. The van der Waals surface area contributed by atoms with E-state index in [-0.39, 0.29) is 6.10 Å². The van der Waals surface area contributed by atoms with Crippen LogP contribution in [0.5, 0.6) is 5.75 Å². The second-order valence-corrected chi connectivity index (χ2v) is 11.3. The number of rotatable bonds is 12. The molecule has 1 N–H and O–H groups in total. The Labute approximate surface area is 244 Å². The van der Waals surface area contributed by atoms with Crippen molar-refractivity contribution in [2.75, 3.05) is 69.4 Å². The van der Waals surface area contributed by atoms with E-state index < -0.39 is 0 Å². The molecule has 0 saturated carbocycles. The maximum absolute atomic E-state index is 6.57. The molecule has 2 atom stereocenters. The van der Waals surface area contributed by atoms with Gasteiger partial charge in [0.25, 0.3) is 0 Å². The molecule has 7 nitrogen and oxygen atoms in total. The SMILES string of the molecule is COCCCN1CCOc2ccc(CO[C@H]3CNCC[C@@H]3c3ccc(COC4CN(c5ccccc5)C4)cc3)cc21. The van der Waals surface area contributed by atoms with Crippen LogP contribution in [0.3, 0.4) is 0 Å². The summed E-state index contributed by atoms with van der Waals surface area (Å²) in [5.74, 6) is 1.34. The minimum atomic E-state index is 0.134. The fourth-order valence-corrected chi connectivity index (χ4v) is 6.10. The number of nitrogens with one attached hydrogen (secondary N) is 1. The second kappa shape index (κ2) is 13.7. The smallest absolute Gasteiger partial charge is 0.142 e. The van der Waals surface area contributed by atoms with Gasteiger partial charge < -0.3 is 34.1 Å². The molecule has 0 unspecified atom stereocenters. The van der Waals surface area contributed by atoms with E-state index >= 15 is 0 Å². The molecule has 0 aliphatic carbocycles. The summed E-state index contributed by atoms with van der Waals surface area (Å²) in [5.41, 5.74) is 6.20. The summed E-state index contributed by atoms with van der Waals surface area (Å²) in [6.45, 7) is 8.42. The highest BCUT2D eigenvalue weighted by molar-refractivity contribution is 5.61. The zero-order valence-electron chi connectivity index (χ0n) is 24.2. The molecule has 41 heavy (non-hydrogen) atoms. The molecule has 218 valence electrons. The van der Waals surface area contributed by atoms with Crippen LogP contribution in [0.2, 0.25) is 0 Å². The summed E-state index contributed by atoms with van der Waals surface area (Å²) in [6.07, 6.45) is 2.51. The summed E-state index contributed by atoms with van der Waals surface area (Å²) >= 11 is 0. The number of para-hydroxylation sites is 1. The highest BCUT2D eigenvalue weighted by atomic mass is 16.5. The van der Waals surface area contributed by atoms with E-state index in [1.165, 1.54) is 28.1 Å². The molecule has 2 fully saturated rings. The van der Waals surface area contributed by atoms with E-state index in [9.17, 15) is 0 Å². The van der Waals surface area contributed by atoms with E-state index in [4.69, 9.17) is 18.9 Å². The van der Waals surface area contributed by atoms with Crippen LogP contribution < -0.4 is 19.9 Å². The van der Waals surface area contributed by atoms with Crippen molar-refractivity contribution in [3.05, 3.63) is 89.5 Å². The first kappa shape index (κ1) is 28.0. The van der Waals surface area contributed by atoms with Crippen molar-refractivity contribution < 1.29 is 18.9 Å². The van der Waals surface area contributed by atoms with Gasteiger partial charge in [-0.2, -0.15) is 0 Å². The number of nitrogens with zero attached hydrogens (tertiary/aromatic N) is 2. The molecular weight excluding hydrogens is 514 g/mol. The lowest BCUT2D eigenvalue weighted by molar-refractivity contribution is 0.0105. The Kier molecular flexibility index (Phi) is 9.38. The van der Waals surface area contributed by atoms with Gasteiger partial charge in [-0.3, -0.25) is 0 Å². The third-order valence-electron chi connectivity index (χ3n) is 8.51. The highest BCUT2D eigenvalue weighted by Gasteiger charge is 2.29. The molecule has 0 bridgehead atoms. The van der Waals surface area contributed by atoms with Gasteiger partial charge in [-0.05, 0) is 60.3 Å². The van der Waals surface area contributed by atoms with Gasteiger partial charge in [0.2, 0.25) is 0 Å². The van der Waals surface area contributed by atoms with Crippen molar-refractivity contribution in [2.45, 2.75) is 44.2 Å². The van der Waals surface area contributed by atoms with Crippen LogP contribution in [0, 0.1) is 0 Å². The molecule has 7 heteroatoms. The van der Waals surface area contributed by atoms with Gasteiger partial charge in [0, 0.05) is 51.5 Å². The molecule has 0 aromatic heterocycles. The average Bonchev–Trinajstić information content (AvgIpc) is 3.00. The molecule has 2 saturated heterocycles. The van der Waals surface area contributed by atoms with Crippen molar-refractivity contribution in [2.24, 2.45) is 0 Å². The Hall–Kier alpha value is -3.10. The van der Waals surface area contributed by atoms with E-state index in [2.05, 4.69) is 87.9 Å². The first-order valence-electron chi connectivity index (χ1n) is 15.1. The Morgan fingerprint density at radius 3 is 2.56 bits per heavy atom. The third-order valence-corrected chi connectivity index (χ3v) is 8.51. The summed E-state index contributed by atoms with van der Waals surface area (Å²) in [7, 11) is 1.76. The zero-order chi connectivity index (χ0) is 27.9. The number of fused-ring (bicyclic) bond motifs is 1. The Morgan fingerprint density at radius 2 is 1.73 bits per heavy atom. The van der Waals surface area contributed by atoms with Crippen molar-refractivity contribution in [3.8, 4) is 5.75 Å². The fourth-order valence-electron chi connectivity index (χ4n) is 6.10. The van der Waals surface area contributed by atoms with Gasteiger partial charge in [0.15, 0.2) is 0 Å². The predicted octanol–water partition coefficient (Wildman–Crippen LogP) is 4.99. The number of hydrogen-bond donors (Lipinski definition) is 1. The first-order chi connectivity index (χ1) is 20.3. The summed E-state index contributed by atoms with van der Waals surface area (Å²) in [6, 6.07) is 26.0. The second-order valence-electron chi connectivity index (χ2n) is 11.3. The normalized spacial score (nSPS) is 20.8. The maximum atomic E-state index is 6.57. The quantitative estimate of drug-likeness (QED) is 0.315. The first-order valence-corrected chi connectivity index (χ1v) is 15.1. The molecule has 3 aliphatic heterocycles. The minimum absolute atomic E-state index is 0.134. The molecule has 3 aromatic rings. The molecule has 0 amide bonds. The highest BCUT2D eigenvalue weighted by Crippen LogP contribution is 2.34. The van der Waals surface area contributed by atoms with Crippen LogP contribution in [-0.2, 0) is 27.4 Å². The molecule has 3 aromatic carbocycles. The Balaban J connectivity index is 1.01. The van der Waals surface area contributed by atoms with Crippen LogP contribution in [0.15, 0.2) is 72.8 Å². The fraction of sp³-hybridized carbons (Fsp3) is 0.471. The number of ether oxygens (including phenoxy) is 4. The third kappa shape index (κ3) is 7.04. The number of piperidine rings is 1. The van der Waals surface area contributed by atoms with Crippen LogP contribution >= 0.6 is 0 Å². The van der Waals surface area contributed by atoms with Crippen molar-refractivity contribution in [3.63, 3.8) is 0 Å². The van der Waals surface area contributed by atoms with Gasteiger partial charge in [-0.1, -0.05) is 48.5 Å². The molecule has 3 heterocycles. The van der Waals surface area contributed by atoms with Gasteiger partial charge in [0.1, 0.15) is 12.4 Å². The zero-order valence-corrected chi connectivity index (χ0v) is 24.2. The van der Waals surface area contributed by atoms with Crippen LogP contribution in [0.4, 0.5) is 11.4 Å². The lowest BCUT2D eigenvalue weighted by Gasteiger charge is -2.40. The van der Waals surface area contributed by atoms with Gasteiger partial charge >= 0.3 is 0 Å². The maximum Gasteiger partial charge on any atom is 0.142 e. The monoisotopic (exact) mass is 557 g/mol. The molecule has 3 aliphatic rings. The van der Waals surface area contributed by atoms with Gasteiger partial charge in [-0.25, -0.2) is 0 Å². The minimum Gasteiger partial charge on any atom is -0.490 e. The lowest BCUT2D eigenvalue weighted by Crippen LogP contribution is -2.52. The van der Waals surface area contributed by atoms with Crippen LogP contribution in [0.25, 0.3) is 0 Å². The lowest BCUT2D eigenvalue weighted by atomic mass is 9.87. The van der Waals surface area contributed by atoms with Crippen molar-refractivity contribution >= 4 is 11.4 Å². The Bertz CT molecular complexity index is 1230. The number of hydrogen-bond acceptors (Lipinski definition) is 7. The van der Waals surface area contributed by atoms with Crippen LogP contribution in [-0.4, -0.2) is 71.8 Å². The van der Waals surface area contributed by atoms with E-state index in [1.807, 2.05) is 0 Å². The summed E-state index contributed by atoms with van der Waals surface area (Å²) in [4.78, 5) is 4.77. The number of benzene rings is 3. The summed E-state index contributed by atoms with van der Waals surface area (Å²) in [5, 5.41) is 3.54. The van der Waals surface area contributed by atoms with Crippen molar-refractivity contribution in [1.82, 2.24) is 5.32 Å². The summed E-state index contributed by atoms with van der Waals surface area (Å²) < 4.78 is 23.9. The van der Waals surface area contributed by atoms with Crippen molar-refractivity contribution in [1.29, 1.82) is 0 Å². The van der Waals surface area contributed by atoms with E-state index in [1.54, 1.807) is 7.11 Å². The standard InChI is InChI=1S/C34H43N3O4/c1-38-18-5-16-36-17-19-39-33-13-10-27(20-32(33)36)25-41-34-21-35-15-14-31(34)28-11-8-26(9-12-28)24-40-30-22-37(23-30)29-6-3-2-4-7-29/h2-4,6-13,20,30-31,34-35H,5,14-19,21-25H2,1H3/t31-,34+/m1/s1. The topological polar surface area (TPSA) is 55.4 Å². The van der Waals surface area contributed by atoms with Gasteiger partial charge in [-0.15, -0.1) is 0 Å². The molecule has 6 rings (SSSR count). The van der Waals surface area contributed by atoms with E-state index in [0.29, 0.717) is 25.2 Å².